The molecule has 1 rings (SSSR count). The fourth-order valence-corrected chi connectivity index (χ4v) is 3.29. The smallest absolute Gasteiger partial charge is 0.332 e. The summed E-state index contributed by atoms with van der Waals surface area (Å²) in [6, 6.07) is 6.19. The van der Waals surface area contributed by atoms with Crippen LogP contribution in [0.15, 0.2) is 18.2 Å². The summed E-state index contributed by atoms with van der Waals surface area (Å²) in [5.41, 5.74) is 3.23. The van der Waals surface area contributed by atoms with Crippen LogP contribution in [-0.2, 0) is 0 Å². The Morgan fingerprint density at radius 3 is 1.92 bits per heavy atom. The van der Waals surface area contributed by atoms with E-state index in [2.05, 4.69) is 91.7 Å². The molecule has 0 fully saturated rings. The number of anilines is 1. The van der Waals surface area contributed by atoms with Gasteiger partial charge >= 0.3 is 6.03 Å². The van der Waals surface area contributed by atoms with E-state index in [1.54, 1.807) is 0 Å². The van der Waals surface area contributed by atoms with Crippen LogP contribution in [0.1, 0.15) is 84.8 Å². The Kier molecular flexibility index (Phi) is 7.21. The molecule has 0 radical (unpaired) electrons. The number of amides is 2. The van der Waals surface area contributed by atoms with Crippen molar-refractivity contribution < 1.29 is 4.79 Å². The molecule has 4 heteroatoms. The van der Waals surface area contributed by atoms with E-state index >= 15 is 0 Å². The van der Waals surface area contributed by atoms with Gasteiger partial charge in [-0.25, -0.2) is 9.10 Å². The Hall–Kier alpha value is -1.16. The zero-order valence-corrected chi connectivity index (χ0v) is 17.4. The van der Waals surface area contributed by atoms with Gasteiger partial charge in [0, 0.05) is 6.04 Å². The molecule has 1 atom stereocenters. The Balaban J connectivity index is 3.22. The van der Waals surface area contributed by atoms with Gasteiger partial charge in [-0.3, -0.25) is 0 Å². The summed E-state index contributed by atoms with van der Waals surface area (Å²) in [5.74, 6) is 0.650. The van der Waals surface area contributed by atoms with E-state index in [9.17, 15) is 4.79 Å². The van der Waals surface area contributed by atoms with Crippen LogP contribution < -0.4 is 9.62 Å². The maximum absolute atomic E-state index is 12.8. The molecular formula is C20H34N2OS. The topological polar surface area (TPSA) is 32.3 Å². The zero-order valence-electron chi connectivity index (χ0n) is 16.5. The summed E-state index contributed by atoms with van der Waals surface area (Å²) in [6.07, 6.45) is 0.889. The van der Waals surface area contributed by atoms with Crippen molar-refractivity contribution in [3.63, 3.8) is 0 Å². The van der Waals surface area contributed by atoms with Gasteiger partial charge in [0.25, 0.3) is 0 Å². The zero-order chi connectivity index (χ0) is 18.7. The second-order valence-corrected chi connectivity index (χ2v) is 8.58. The quantitative estimate of drug-likeness (QED) is 0.616. The van der Waals surface area contributed by atoms with Gasteiger partial charge in [-0.2, -0.15) is 0 Å². The predicted molar refractivity (Wildman–Crippen MR) is 108 cm³/mol. The lowest BCUT2D eigenvalue weighted by Gasteiger charge is -2.33. The lowest BCUT2D eigenvalue weighted by molar-refractivity contribution is 0.224. The first kappa shape index (κ1) is 20.9. The number of hydrogen-bond donors (Lipinski definition) is 2. The van der Waals surface area contributed by atoms with Gasteiger partial charge in [-0.05, 0) is 34.8 Å². The first-order valence-electron chi connectivity index (χ1n) is 8.92. The normalized spacial score (nSPS) is 13.3. The number of rotatable bonds is 5. The first-order valence-corrected chi connectivity index (χ1v) is 9.32. The number of benzene rings is 1. The van der Waals surface area contributed by atoms with Gasteiger partial charge in [0.1, 0.15) is 0 Å². The predicted octanol–water partition coefficient (Wildman–Crippen LogP) is 6.12. The number of nitrogens with one attached hydrogen (secondary N) is 1. The molecule has 0 aromatic heterocycles. The minimum atomic E-state index is -0.157. The monoisotopic (exact) mass is 350 g/mol. The van der Waals surface area contributed by atoms with E-state index in [4.69, 9.17) is 0 Å². The van der Waals surface area contributed by atoms with Gasteiger partial charge in [-0.15, -0.1) is 0 Å². The Labute approximate surface area is 153 Å². The molecule has 0 bridgehead atoms. The molecule has 1 unspecified atom stereocenters. The summed E-state index contributed by atoms with van der Waals surface area (Å²) in [7, 11) is 0. The molecule has 0 aliphatic carbocycles. The van der Waals surface area contributed by atoms with Crippen LogP contribution in [0.25, 0.3) is 0 Å². The summed E-state index contributed by atoms with van der Waals surface area (Å²) in [4.78, 5) is 12.8. The van der Waals surface area contributed by atoms with Crippen LogP contribution in [0.2, 0.25) is 0 Å². The SMILES string of the molecule is CCC(NC(=O)N(S)c1c(C(C)C)cccc1C(C)C)C(C)(C)C. The van der Waals surface area contributed by atoms with E-state index in [1.807, 2.05) is 0 Å². The third-order valence-corrected chi connectivity index (χ3v) is 4.88. The standard InChI is InChI=1S/C20H34N2OS/c1-9-17(20(6,7)8)21-19(23)22(24)18-15(13(2)3)11-10-12-16(18)14(4)5/h10-14,17,24H,9H2,1-8H3,(H,21,23). The Morgan fingerprint density at radius 2 is 1.58 bits per heavy atom. The highest BCUT2D eigenvalue weighted by Gasteiger charge is 2.28. The number of thiol groups is 1. The maximum Gasteiger partial charge on any atom is 0.332 e. The summed E-state index contributed by atoms with van der Waals surface area (Å²) in [5, 5.41) is 3.15. The van der Waals surface area contributed by atoms with Crippen molar-refractivity contribution in [2.75, 3.05) is 4.31 Å². The lowest BCUT2D eigenvalue weighted by atomic mass is 9.85. The molecule has 2 amide bonds. The van der Waals surface area contributed by atoms with Crippen LogP contribution in [0, 0.1) is 5.41 Å². The van der Waals surface area contributed by atoms with E-state index in [1.165, 1.54) is 4.31 Å². The maximum atomic E-state index is 12.8. The molecule has 1 aromatic rings. The van der Waals surface area contributed by atoms with E-state index in [0.29, 0.717) is 11.8 Å². The average Bonchev–Trinajstić information content (AvgIpc) is 2.49. The fraction of sp³-hybridized carbons (Fsp3) is 0.650. The Bertz CT molecular complexity index is 535. The molecule has 1 aromatic carbocycles. The van der Waals surface area contributed by atoms with Gasteiger partial charge in [0.2, 0.25) is 0 Å². The molecule has 0 heterocycles. The van der Waals surface area contributed by atoms with Crippen LogP contribution in [0.4, 0.5) is 10.5 Å². The number of hydrogen-bond acceptors (Lipinski definition) is 2. The van der Waals surface area contributed by atoms with Crippen molar-refractivity contribution >= 4 is 24.5 Å². The van der Waals surface area contributed by atoms with Gasteiger partial charge < -0.3 is 5.32 Å². The molecule has 0 aliphatic rings. The highest BCUT2D eigenvalue weighted by atomic mass is 32.1. The number of carbonyl (C=O) groups excluding carboxylic acids is 1. The summed E-state index contributed by atoms with van der Waals surface area (Å²) in [6.45, 7) is 17.1. The third-order valence-electron chi connectivity index (χ3n) is 4.50. The Morgan fingerprint density at radius 1 is 1.12 bits per heavy atom. The van der Waals surface area contributed by atoms with Crippen LogP contribution in [0.5, 0.6) is 0 Å². The van der Waals surface area contributed by atoms with E-state index in [-0.39, 0.29) is 17.5 Å². The van der Waals surface area contributed by atoms with Crippen LogP contribution in [0.3, 0.4) is 0 Å². The van der Waals surface area contributed by atoms with Crippen molar-refractivity contribution in [1.29, 1.82) is 0 Å². The number of carbonyl (C=O) groups is 1. The van der Waals surface area contributed by atoms with Crippen LogP contribution >= 0.6 is 12.8 Å². The summed E-state index contributed by atoms with van der Waals surface area (Å²) >= 11 is 4.57. The number of nitrogens with zero attached hydrogens (tertiary/aromatic N) is 1. The highest BCUT2D eigenvalue weighted by Crippen LogP contribution is 2.36. The van der Waals surface area contributed by atoms with Crippen LogP contribution in [-0.4, -0.2) is 12.1 Å². The minimum Gasteiger partial charge on any atom is -0.334 e. The fourth-order valence-electron chi connectivity index (χ4n) is 3.00. The second-order valence-electron chi connectivity index (χ2n) is 8.18. The molecule has 0 saturated heterocycles. The second kappa shape index (κ2) is 8.28. The van der Waals surface area contributed by atoms with Gasteiger partial charge in [-0.1, -0.05) is 86.4 Å². The summed E-state index contributed by atoms with van der Waals surface area (Å²) < 4.78 is 1.50. The largest absolute Gasteiger partial charge is 0.334 e. The van der Waals surface area contributed by atoms with Crippen molar-refractivity contribution in [1.82, 2.24) is 5.32 Å². The molecule has 24 heavy (non-hydrogen) atoms. The van der Waals surface area contributed by atoms with E-state index < -0.39 is 0 Å². The number of urea groups is 1. The average molecular weight is 351 g/mol. The van der Waals surface area contributed by atoms with Gasteiger partial charge in [0.05, 0.1) is 5.69 Å². The number of para-hydroxylation sites is 1. The molecule has 0 aliphatic heterocycles. The van der Waals surface area contributed by atoms with Crippen molar-refractivity contribution in [3.05, 3.63) is 29.3 Å². The van der Waals surface area contributed by atoms with Crippen molar-refractivity contribution in [3.8, 4) is 0 Å². The van der Waals surface area contributed by atoms with E-state index in [0.717, 1.165) is 23.2 Å². The molecular weight excluding hydrogens is 316 g/mol. The first-order chi connectivity index (χ1) is 11.0. The lowest BCUT2D eigenvalue weighted by Crippen LogP contribution is -2.47. The van der Waals surface area contributed by atoms with Crippen molar-refractivity contribution in [2.24, 2.45) is 5.41 Å². The third kappa shape index (κ3) is 4.92. The minimum absolute atomic E-state index is 0.0114. The van der Waals surface area contributed by atoms with Gasteiger partial charge in [0.15, 0.2) is 0 Å². The molecule has 1 N–H and O–H groups in total. The molecule has 0 spiro atoms. The molecule has 3 nitrogen and oxygen atoms in total. The van der Waals surface area contributed by atoms with Crippen molar-refractivity contribution in [2.45, 2.75) is 79.7 Å². The molecule has 0 saturated carbocycles. The molecule has 136 valence electrons. The highest BCUT2D eigenvalue weighted by molar-refractivity contribution is 7.82.